The van der Waals surface area contributed by atoms with Gasteiger partial charge in [0.2, 0.25) is 0 Å². The number of carbonyl (C=O) groups excluding carboxylic acids is 1. The molecule has 0 fully saturated rings. The Morgan fingerprint density at radius 3 is 3.00 bits per heavy atom. The SMILES string of the molecule is Cc1c(Cl)ccc2c1NCC2=O. The van der Waals surface area contributed by atoms with Gasteiger partial charge in [0.15, 0.2) is 5.78 Å². The number of anilines is 1. The molecule has 12 heavy (non-hydrogen) atoms. The van der Waals surface area contributed by atoms with E-state index in [1.54, 1.807) is 12.1 Å². The number of Topliss-reactive ketones (excluding diaryl/α,β-unsaturated/α-hetero) is 1. The second-order valence-electron chi connectivity index (χ2n) is 2.87. The maximum atomic E-state index is 11.2. The first-order valence-corrected chi connectivity index (χ1v) is 4.14. The summed E-state index contributed by atoms with van der Waals surface area (Å²) in [5.41, 5.74) is 2.62. The summed E-state index contributed by atoms with van der Waals surface area (Å²) in [6.45, 7) is 2.31. The van der Waals surface area contributed by atoms with Gasteiger partial charge in [0.25, 0.3) is 0 Å². The number of ketones is 1. The van der Waals surface area contributed by atoms with E-state index in [9.17, 15) is 4.79 Å². The van der Waals surface area contributed by atoms with Gasteiger partial charge in [-0.2, -0.15) is 0 Å². The van der Waals surface area contributed by atoms with E-state index in [4.69, 9.17) is 11.6 Å². The molecule has 62 valence electrons. The number of rotatable bonds is 0. The van der Waals surface area contributed by atoms with Crippen LogP contribution in [0.4, 0.5) is 5.69 Å². The van der Waals surface area contributed by atoms with Crippen molar-refractivity contribution in [1.29, 1.82) is 0 Å². The molecule has 0 spiro atoms. The molecule has 1 N–H and O–H groups in total. The largest absolute Gasteiger partial charge is 0.377 e. The van der Waals surface area contributed by atoms with E-state index < -0.39 is 0 Å². The molecule has 0 amide bonds. The standard InChI is InChI=1S/C9H8ClNO/c1-5-7(10)3-2-6-8(12)4-11-9(5)6/h2-3,11H,4H2,1H3. The molecule has 0 aromatic heterocycles. The first-order chi connectivity index (χ1) is 5.70. The smallest absolute Gasteiger partial charge is 0.183 e. The van der Waals surface area contributed by atoms with Crippen molar-refractivity contribution in [2.45, 2.75) is 6.92 Å². The molecular weight excluding hydrogens is 174 g/mol. The number of carbonyl (C=O) groups is 1. The summed E-state index contributed by atoms with van der Waals surface area (Å²) >= 11 is 5.89. The fourth-order valence-electron chi connectivity index (χ4n) is 1.41. The lowest BCUT2D eigenvalue weighted by molar-refractivity contribution is 0.101. The lowest BCUT2D eigenvalue weighted by Crippen LogP contribution is -2.00. The van der Waals surface area contributed by atoms with Crippen molar-refractivity contribution in [3.8, 4) is 0 Å². The first kappa shape index (κ1) is 7.62. The fourth-order valence-corrected chi connectivity index (χ4v) is 1.57. The van der Waals surface area contributed by atoms with Gasteiger partial charge in [0.05, 0.1) is 6.54 Å². The van der Waals surface area contributed by atoms with Gasteiger partial charge in [-0.3, -0.25) is 4.79 Å². The lowest BCUT2D eigenvalue weighted by atomic mass is 10.1. The van der Waals surface area contributed by atoms with Crippen molar-refractivity contribution in [3.05, 3.63) is 28.3 Å². The van der Waals surface area contributed by atoms with Gasteiger partial charge >= 0.3 is 0 Å². The van der Waals surface area contributed by atoms with E-state index >= 15 is 0 Å². The lowest BCUT2D eigenvalue weighted by Gasteiger charge is -2.04. The number of fused-ring (bicyclic) bond motifs is 1. The van der Waals surface area contributed by atoms with E-state index in [2.05, 4.69) is 5.32 Å². The zero-order chi connectivity index (χ0) is 8.72. The molecule has 3 heteroatoms. The number of hydrogen-bond donors (Lipinski definition) is 1. The Kier molecular flexibility index (Phi) is 1.58. The number of halogens is 1. The van der Waals surface area contributed by atoms with E-state index in [-0.39, 0.29) is 5.78 Å². The Morgan fingerprint density at radius 2 is 2.25 bits per heavy atom. The molecule has 1 aliphatic heterocycles. The Balaban J connectivity index is 2.68. The van der Waals surface area contributed by atoms with Gasteiger partial charge in [-0.05, 0) is 24.6 Å². The topological polar surface area (TPSA) is 29.1 Å². The van der Waals surface area contributed by atoms with Gasteiger partial charge in [-0.15, -0.1) is 0 Å². The van der Waals surface area contributed by atoms with Crippen LogP contribution in [-0.4, -0.2) is 12.3 Å². The summed E-state index contributed by atoms with van der Waals surface area (Å²) in [5.74, 6) is 0.143. The molecule has 1 aromatic carbocycles. The monoisotopic (exact) mass is 181 g/mol. The minimum atomic E-state index is 0.143. The molecule has 2 nitrogen and oxygen atoms in total. The summed E-state index contributed by atoms with van der Waals surface area (Å²) in [6.07, 6.45) is 0. The van der Waals surface area contributed by atoms with Crippen LogP contribution in [0.2, 0.25) is 5.02 Å². The van der Waals surface area contributed by atoms with Crippen LogP contribution in [0.25, 0.3) is 0 Å². The van der Waals surface area contributed by atoms with Crippen molar-refractivity contribution >= 4 is 23.1 Å². The third kappa shape index (κ3) is 0.916. The number of benzene rings is 1. The van der Waals surface area contributed by atoms with Crippen molar-refractivity contribution < 1.29 is 4.79 Å². The predicted octanol–water partition coefficient (Wildman–Crippen LogP) is 2.26. The summed E-state index contributed by atoms with van der Waals surface area (Å²) in [6, 6.07) is 3.54. The third-order valence-corrected chi connectivity index (χ3v) is 2.53. The van der Waals surface area contributed by atoms with Gasteiger partial charge in [0.1, 0.15) is 0 Å². The number of nitrogens with one attached hydrogen (secondary N) is 1. The predicted molar refractivity (Wildman–Crippen MR) is 49.0 cm³/mol. The molecule has 0 saturated carbocycles. The third-order valence-electron chi connectivity index (χ3n) is 2.13. The Hall–Kier alpha value is -1.02. The van der Waals surface area contributed by atoms with Crippen LogP contribution in [0.1, 0.15) is 15.9 Å². The molecule has 0 bridgehead atoms. The van der Waals surface area contributed by atoms with E-state index in [0.29, 0.717) is 11.6 Å². The van der Waals surface area contributed by atoms with Gasteiger partial charge in [-0.25, -0.2) is 0 Å². The fraction of sp³-hybridized carbons (Fsp3) is 0.222. The summed E-state index contributed by atoms with van der Waals surface area (Å²) in [4.78, 5) is 11.2. The molecule has 0 atom stereocenters. The van der Waals surface area contributed by atoms with Crippen molar-refractivity contribution in [2.75, 3.05) is 11.9 Å². The Labute approximate surface area is 75.5 Å². The Bertz CT molecular complexity index is 360. The highest BCUT2D eigenvalue weighted by molar-refractivity contribution is 6.32. The molecule has 1 aromatic rings. The van der Waals surface area contributed by atoms with Crippen LogP contribution < -0.4 is 5.32 Å². The van der Waals surface area contributed by atoms with Gasteiger partial charge in [-0.1, -0.05) is 11.6 Å². The first-order valence-electron chi connectivity index (χ1n) is 3.76. The molecule has 2 rings (SSSR count). The Morgan fingerprint density at radius 1 is 1.50 bits per heavy atom. The highest BCUT2D eigenvalue weighted by atomic mass is 35.5. The maximum absolute atomic E-state index is 11.2. The molecule has 0 radical (unpaired) electrons. The number of hydrogen-bond acceptors (Lipinski definition) is 2. The van der Waals surface area contributed by atoms with Crippen LogP contribution in [-0.2, 0) is 0 Å². The van der Waals surface area contributed by atoms with Crippen molar-refractivity contribution in [2.24, 2.45) is 0 Å². The van der Waals surface area contributed by atoms with E-state index in [1.807, 2.05) is 6.92 Å². The minimum Gasteiger partial charge on any atom is -0.377 e. The van der Waals surface area contributed by atoms with Gasteiger partial charge in [0, 0.05) is 16.3 Å². The average molecular weight is 182 g/mol. The highest BCUT2D eigenvalue weighted by Gasteiger charge is 2.20. The summed E-state index contributed by atoms with van der Waals surface area (Å²) in [7, 11) is 0. The van der Waals surface area contributed by atoms with Crippen molar-refractivity contribution in [3.63, 3.8) is 0 Å². The van der Waals surface area contributed by atoms with Gasteiger partial charge < -0.3 is 5.32 Å². The molecular formula is C9H8ClNO. The second kappa shape index (κ2) is 2.49. The van der Waals surface area contributed by atoms with Crippen molar-refractivity contribution in [1.82, 2.24) is 0 Å². The van der Waals surface area contributed by atoms with Crippen LogP contribution in [0.15, 0.2) is 12.1 Å². The zero-order valence-corrected chi connectivity index (χ0v) is 7.40. The normalized spacial score (nSPS) is 14.3. The molecule has 0 saturated heterocycles. The highest BCUT2D eigenvalue weighted by Crippen LogP contribution is 2.30. The second-order valence-corrected chi connectivity index (χ2v) is 3.28. The van der Waals surface area contributed by atoms with E-state index in [1.165, 1.54) is 0 Å². The molecule has 1 heterocycles. The minimum absolute atomic E-state index is 0.143. The summed E-state index contributed by atoms with van der Waals surface area (Å²) < 4.78 is 0. The van der Waals surface area contributed by atoms with Crippen LogP contribution in [0.3, 0.4) is 0 Å². The zero-order valence-electron chi connectivity index (χ0n) is 6.65. The molecule has 0 unspecified atom stereocenters. The average Bonchev–Trinajstić information content (AvgIpc) is 2.41. The van der Waals surface area contributed by atoms with Crippen LogP contribution in [0, 0.1) is 6.92 Å². The van der Waals surface area contributed by atoms with Crippen LogP contribution in [0.5, 0.6) is 0 Å². The molecule has 1 aliphatic rings. The maximum Gasteiger partial charge on any atom is 0.183 e. The van der Waals surface area contributed by atoms with Crippen LogP contribution >= 0.6 is 11.6 Å². The quantitative estimate of drug-likeness (QED) is 0.665. The molecule has 0 aliphatic carbocycles. The summed E-state index contributed by atoms with van der Waals surface area (Å²) in [5, 5.41) is 3.73. The van der Waals surface area contributed by atoms with E-state index in [0.717, 1.165) is 16.8 Å².